The van der Waals surface area contributed by atoms with Gasteiger partial charge in [-0.1, -0.05) is 0 Å². The summed E-state index contributed by atoms with van der Waals surface area (Å²) in [4.78, 5) is 15.3. The summed E-state index contributed by atoms with van der Waals surface area (Å²) in [7, 11) is 0. The third-order valence-electron chi connectivity index (χ3n) is 2.16. The smallest absolute Gasteiger partial charge is 0.265 e. The molecule has 2 aromatic rings. The van der Waals surface area contributed by atoms with E-state index in [1.165, 1.54) is 4.68 Å². The number of H-pyrrole nitrogens is 1. The van der Waals surface area contributed by atoms with Crippen molar-refractivity contribution in [3.05, 3.63) is 46.4 Å². The number of aromatic nitrogens is 4. The molecule has 0 amide bonds. The topological polar surface area (TPSA) is 75.9 Å². The molecule has 82 valence electrons. The Hall–Kier alpha value is -2.24. The molecule has 2 aromatic heterocycles. The van der Waals surface area contributed by atoms with Gasteiger partial charge in [-0.2, -0.15) is 14.9 Å². The van der Waals surface area contributed by atoms with E-state index in [-0.39, 0.29) is 5.69 Å². The van der Waals surface area contributed by atoms with Crippen molar-refractivity contribution in [1.29, 1.82) is 0 Å². The van der Waals surface area contributed by atoms with E-state index in [2.05, 4.69) is 20.3 Å². The van der Waals surface area contributed by atoms with Crippen molar-refractivity contribution in [2.75, 3.05) is 0 Å². The molecule has 2 heterocycles. The summed E-state index contributed by atoms with van der Waals surface area (Å²) in [5, 5.41) is 10.3. The van der Waals surface area contributed by atoms with Crippen LogP contribution in [0.4, 0.5) is 0 Å². The van der Waals surface area contributed by atoms with Gasteiger partial charge in [0.2, 0.25) is 0 Å². The fourth-order valence-corrected chi connectivity index (χ4v) is 1.29. The Morgan fingerprint density at radius 3 is 2.69 bits per heavy atom. The maximum absolute atomic E-state index is 11.3. The van der Waals surface area contributed by atoms with Crippen LogP contribution in [0.25, 0.3) is 0 Å². The highest BCUT2D eigenvalue weighted by atomic mass is 16.2. The van der Waals surface area contributed by atoms with Crippen LogP contribution in [0.1, 0.15) is 18.3 Å². The van der Waals surface area contributed by atoms with Crippen molar-refractivity contribution in [3.8, 4) is 0 Å². The molecule has 16 heavy (non-hydrogen) atoms. The molecular weight excluding hydrogens is 206 g/mol. The van der Waals surface area contributed by atoms with Gasteiger partial charge in [0.15, 0.2) is 5.82 Å². The Bertz CT molecular complexity index is 566. The number of nitrogens with one attached hydrogen (secondary N) is 1. The monoisotopic (exact) mass is 217 g/mol. The average molecular weight is 217 g/mol. The molecule has 0 unspecified atom stereocenters. The van der Waals surface area contributed by atoms with Crippen molar-refractivity contribution < 1.29 is 0 Å². The largest absolute Gasteiger partial charge is 0.364 e. The predicted octanol–water partition coefficient (Wildman–Crippen LogP) is 0.547. The predicted molar refractivity (Wildman–Crippen MR) is 59.4 cm³/mol. The molecule has 0 aromatic carbocycles. The first-order chi connectivity index (χ1) is 7.68. The van der Waals surface area contributed by atoms with Gasteiger partial charge >= 0.3 is 5.69 Å². The SMILES string of the molecule is CC(=Nn1c(C)n[nH]c1=O)c1ccncc1. The third-order valence-corrected chi connectivity index (χ3v) is 2.16. The zero-order valence-corrected chi connectivity index (χ0v) is 9.01. The standard InChI is InChI=1S/C10H11N5O/c1-7(9-3-5-11-6-4-9)14-15-8(2)12-13-10(15)16/h3-6H,1-2H3,(H,13,16). The first-order valence-electron chi connectivity index (χ1n) is 4.78. The molecule has 0 aliphatic rings. The summed E-state index contributed by atoms with van der Waals surface area (Å²) >= 11 is 0. The Morgan fingerprint density at radius 1 is 1.44 bits per heavy atom. The minimum Gasteiger partial charge on any atom is -0.265 e. The molecule has 0 atom stereocenters. The Balaban J connectivity index is 2.43. The number of nitrogens with zero attached hydrogens (tertiary/aromatic N) is 4. The molecule has 0 radical (unpaired) electrons. The highest BCUT2D eigenvalue weighted by Gasteiger charge is 2.03. The number of pyridine rings is 1. The number of rotatable bonds is 2. The van der Waals surface area contributed by atoms with Gasteiger partial charge in [0.25, 0.3) is 0 Å². The Labute approximate surface area is 91.7 Å². The first-order valence-corrected chi connectivity index (χ1v) is 4.78. The van der Waals surface area contributed by atoms with Crippen LogP contribution in [0.5, 0.6) is 0 Å². The van der Waals surface area contributed by atoms with Crippen LogP contribution < -0.4 is 5.69 Å². The Morgan fingerprint density at radius 2 is 2.12 bits per heavy atom. The van der Waals surface area contributed by atoms with E-state index in [9.17, 15) is 4.79 Å². The average Bonchev–Trinajstić information content (AvgIpc) is 2.62. The van der Waals surface area contributed by atoms with Crippen LogP contribution >= 0.6 is 0 Å². The zero-order valence-electron chi connectivity index (χ0n) is 9.01. The summed E-state index contributed by atoms with van der Waals surface area (Å²) in [6.45, 7) is 3.54. The maximum Gasteiger partial charge on any atom is 0.364 e. The molecule has 0 aliphatic heterocycles. The zero-order chi connectivity index (χ0) is 11.5. The number of hydrogen-bond acceptors (Lipinski definition) is 4. The second kappa shape index (κ2) is 4.09. The normalized spacial score (nSPS) is 11.8. The molecule has 6 nitrogen and oxygen atoms in total. The summed E-state index contributed by atoms with van der Waals surface area (Å²) in [5.41, 5.74) is 1.31. The maximum atomic E-state index is 11.3. The summed E-state index contributed by atoms with van der Waals surface area (Å²) < 4.78 is 1.23. The number of hydrogen-bond donors (Lipinski definition) is 1. The van der Waals surface area contributed by atoms with Crippen molar-refractivity contribution in [2.24, 2.45) is 5.10 Å². The highest BCUT2D eigenvalue weighted by molar-refractivity contribution is 5.98. The van der Waals surface area contributed by atoms with E-state index in [0.717, 1.165) is 11.3 Å². The molecule has 0 fully saturated rings. The lowest BCUT2D eigenvalue weighted by molar-refractivity contribution is 0.794. The van der Waals surface area contributed by atoms with E-state index < -0.39 is 0 Å². The molecule has 0 spiro atoms. The lowest BCUT2D eigenvalue weighted by atomic mass is 10.2. The van der Waals surface area contributed by atoms with Crippen LogP contribution in [-0.2, 0) is 0 Å². The molecule has 2 rings (SSSR count). The van der Waals surface area contributed by atoms with Gasteiger partial charge in [0.05, 0.1) is 5.71 Å². The van der Waals surface area contributed by atoms with E-state index in [4.69, 9.17) is 0 Å². The van der Waals surface area contributed by atoms with Gasteiger partial charge in [0, 0.05) is 18.0 Å². The van der Waals surface area contributed by atoms with Gasteiger partial charge in [0.1, 0.15) is 0 Å². The van der Waals surface area contributed by atoms with E-state index in [1.54, 1.807) is 19.3 Å². The lowest BCUT2D eigenvalue weighted by Crippen LogP contribution is -2.15. The van der Waals surface area contributed by atoms with E-state index in [1.807, 2.05) is 19.1 Å². The van der Waals surface area contributed by atoms with Gasteiger partial charge < -0.3 is 0 Å². The van der Waals surface area contributed by atoms with Crippen LogP contribution in [-0.4, -0.2) is 25.6 Å². The first kappa shape index (κ1) is 10.3. The van der Waals surface area contributed by atoms with Gasteiger partial charge in [-0.15, -0.1) is 0 Å². The summed E-state index contributed by atoms with van der Waals surface area (Å²) in [5.74, 6) is 0.526. The van der Waals surface area contributed by atoms with Crippen molar-refractivity contribution in [2.45, 2.75) is 13.8 Å². The van der Waals surface area contributed by atoms with Crippen LogP contribution in [0.2, 0.25) is 0 Å². The van der Waals surface area contributed by atoms with Gasteiger partial charge in [-0.05, 0) is 26.0 Å². The molecule has 1 N–H and O–H groups in total. The highest BCUT2D eigenvalue weighted by Crippen LogP contribution is 1.99. The molecule has 0 bridgehead atoms. The van der Waals surface area contributed by atoms with Crippen LogP contribution in [0.15, 0.2) is 34.4 Å². The fraction of sp³-hybridized carbons (Fsp3) is 0.200. The Kier molecular flexibility index (Phi) is 2.63. The molecule has 0 saturated heterocycles. The molecule has 0 saturated carbocycles. The molecule has 0 aliphatic carbocycles. The molecular formula is C10H11N5O. The summed E-state index contributed by atoms with van der Waals surface area (Å²) in [6.07, 6.45) is 3.36. The van der Waals surface area contributed by atoms with Gasteiger partial charge in [-0.3, -0.25) is 4.98 Å². The number of aromatic amines is 1. The fourth-order valence-electron chi connectivity index (χ4n) is 1.29. The minimum absolute atomic E-state index is 0.342. The number of aryl methyl sites for hydroxylation is 1. The van der Waals surface area contributed by atoms with Crippen LogP contribution in [0.3, 0.4) is 0 Å². The van der Waals surface area contributed by atoms with E-state index >= 15 is 0 Å². The molecule has 6 heteroatoms. The second-order valence-corrected chi connectivity index (χ2v) is 3.31. The van der Waals surface area contributed by atoms with Crippen molar-refractivity contribution >= 4 is 5.71 Å². The minimum atomic E-state index is -0.342. The van der Waals surface area contributed by atoms with Crippen molar-refractivity contribution in [1.82, 2.24) is 19.9 Å². The van der Waals surface area contributed by atoms with Gasteiger partial charge in [-0.25, -0.2) is 9.89 Å². The van der Waals surface area contributed by atoms with Crippen molar-refractivity contribution in [3.63, 3.8) is 0 Å². The van der Waals surface area contributed by atoms with E-state index in [0.29, 0.717) is 5.82 Å². The quantitative estimate of drug-likeness (QED) is 0.746. The van der Waals surface area contributed by atoms with Crippen LogP contribution in [0, 0.1) is 6.92 Å². The lowest BCUT2D eigenvalue weighted by Gasteiger charge is -1.99. The summed E-state index contributed by atoms with van der Waals surface area (Å²) in [6, 6.07) is 3.67. The second-order valence-electron chi connectivity index (χ2n) is 3.31. The third kappa shape index (κ3) is 1.90.